The molecule has 0 saturated carbocycles. The second kappa shape index (κ2) is 6.81. The van der Waals surface area contributed by atoms with Gasteiger partial charge in [0.05, 0.1) is 16.8 Å². The van der Waals surface area contributed by atoms with Crippen molar-refractivity contribution in [2.75, 3.05) is 0 Å². The molecule has 0 fully saturated rings. The lowest BCUT2D eigenvalue weighted by Gasteiger charge is -2.12. The Morgan fingerprint density at radius 2 is 2.25 bits per heavy atom. The molecule has 1 aromatic heterocycles. The molecule has 0 saturated heterocycles. The average Bonchev–Trinajstić information content (AvgIpc) is 2.85. The van der Waals surface area contributed by atoms with Gasteiger partial charge in [0, 0.05) is 10.9 Å². The first kappa shape index (κ1) is 14.9. The van der Waals surface area contributed by atoms with Crippen LogP contribution < -0.4 is 4.74 Å². The number of halogens is 1. The van der Waals surface area contributed by atoms with Gasteiger partial charge in [-0.15, -0.1) is 11.3 Å². The molecule has 3 nitrogen and oxygen atoms in total. The molecule has 0 amide bonds. The van der Waals surface area contributed by atoms with Crippen molar-refractivity contribution in [2.24, 2.45) is 0 Å². The molecule has 1 aromatic carbocycles. The van der Waals surface area contributed by atoms with Crippen molar-refractivity contribution < 1.29 is 14.2 Å². The number of benzene rings is 1. The summed E-state index contributed by atoms with van der Waals surface area (Å²) in [5, 5.41) is 12.7. The first-order valence-corrected chi connectivity index (χ1v) is 7.51. The van der Waals surface area contributed by atoms with Crippen LogP contribution >= 0.6 is 11.3 Å². The van der Waals surface area contributed by atoms with E-state index in [1.165, 1.54) is 18.2 Å². The van der Waals surface area contributed by atoms with E-state index in [2.05, 4.69) is 11.9 Å². The molecule has 2 rings (SSSR count). The topological polar surface area (TPSA) is 42.4 Å². The van der Waals surface area contributed by atoms with Crippen molar-refractivity contribution in [3.05, 3.63) is 45.7 Å². The molecular formula is C15H18FNO2S. The van der Waals surface area contributed by atoms with Crippen LogP contribution in [0.3, 0.4) is 0 Å². The van der Waals surface area contributed by atoms with E-state index in [1.807, 2.05) is 5.38 Å². The predicted octanol–water partition coefficient (Wildman–Crippen LogP) is 3.87. The number of nitrogens with zero attached hydrogens (tertiary/aromatic N) is 1. The molecular weight excluding hydrogens is 277 g/mol. The molecule has 2 aromatic rings. The first-order valence-electron chi connectivity index (χ1n) is 6.63. The monoisotopic (exact) mass is 295 g/mol. The van der Waals surface area contributed by atoms with Gasteiger partial charge in [0.1, 0.15) is 18.2 Å². The minimum atomic E-state index is -0.771. The molecule has 108 valence electrons. The van der Waals surface area contributed by atoms with E-state index in [-0.39, 0.29) is 5.82 Å². The maximum atomic E-state index is 13.2. The van der Waals surface area contributed by atoms with Gasteiger partial charge in [-0.05, 0) is 38.0 Å². The number of aliphatic hydroxyl groups excluding tert-OH is 1. The molecule has 0 aliphatic heterocycles. The van der Waals surface area contributed by atoms with Crippen molar-refractivity contribution in [2.45, 2.75) is 39.4 Å². The molecule has 20 heavy (non-hydrogen) atoms. The van der Waals surface area contributed by atoms with E-state index in [0.717, 1.165) is 23.5 Å². The van der Waals surface area contributed by atoms with Crippen molar-refractivity contribution in [1.82, 2.24) is 4.98 Å². The molecule has 0 aliphatic rings. The second-order valence-electron chi connectivity index (χ2n) is 4.63. The average molecular weight is 295 g/mol. The predicted molar refractivity (Wildman–Crippen MR) is 77.5 cm³/mol. The van der Waals surface area contributed by atoms with Crippen LogP contribution in [0.15, 0.2) is 23.6 Å². The summed E-state index contributed by atoms with van der Waals surface area (Å²) in [5.74, 6) is 0.110. The maximum absolute atomic E-state index is 13.2. The Bertz CT molecular complexity index is 569. The number of hydrogen-bond acceptors (Lipinski definition) is 4. The van der Waals surface area contributed by atoms with Gasteiger partial charge >= 0.3 is 0 Å². The van der Waals surface area contributed by atoms with Crippen molar-refractivity contribution >= 4 is 11.3 Å². The Morgan fingerprint density at radius 1 is 1.45 bits per heavy atom. The van der Waals surface area contributed by atoms with Crippen LogP contribution in [-0.4, -0.2) is 10.1 Å². The largest absolute Gasteiger partial charge is 0.487 e. The Balaban J connectivity index is 2.06. The zero-order valence-electron chi connectivity index (χ0n) is 11.6. The van der Waals surface area contributed by atoms with Crippen LogP contribution in [-0.2, 0) is 13.0 Å². The normalized spacial score (nSPS) is 12.4. The minimum Gasteiger partial charge on any atom is -0.487 e. The van der Waals surface area contributed by atoms with E-state index in [9.17, 15) is 9.50 Å². The molecule has 1 N–H and O–H groups in total. The Morgan fingerprint density at radius 3 is 2.95 bits per heavy atom. The number of aliphatic hydroxyl groups is 1. The zero-order valence-corrected chi connectivity index (χ0v) is 12.4. The number of aromatic nitrogens is 1. The molecule has 0 aliphatic carbocycles. The highest BCUT2D eigenvalue weighted by atomic mass is 32.1. The van der Waals surface area contributed by atoms with E-state index in [1.54, 1.807) is 18.3 Å². The Hall–Kier alpha value is -1.46. The fourth-order valence-corrected chi connectivity index (χ4v) is 2.76. The lowest BCUT2D eigenvalue weighted by Crippen LogP contribution is -2.02. The number of aryl methyl sites for hydroxylation is 1. The number of hydrogen-bond donors (Lipinski definition) is 1. The van der Waals surface area contributed by atoms with Gasteiger partial charge in [0.25, 0.3) is 0 Å². The molecule has 1 heterocycles. The van der Waals surface area contributed by atoms with E-state index in [0.29, 0.717) is 17.9 Å². The van der Waals surface area contributed by atoms with Gasteiger partial charge in [-0.25, -0.2) is 9.37 Å². The summed E-state index contributed by atoms with van der Waals surface area (Å²) in [6.07, 6.45) is 1.27. The van der Waals surface area contributed by atoms with Gasteiger partial charge in [-0.3, -0.25) is 0 Å². The summed E-state index contributed by atoms with van der Waals surface area (Å²) in [4.78, 5) is 4.46. The smallest absolute Gasteiger partial charge is 0.131 e. The molecule has 1 atom stereocenters. The molecule has 0 radical (unpaired) electrons. The molecule has 0 bridgehead atoms. The minimum absolute atomic E-state index is 0.325. The van der Waals surface area contributed by atoms with Crippen molar-refractivity contribution in [1.29, 1.82) is 0 Å². The number of rotatable bonds is 6. The Labute approximate surface area is 122 Å². The van der Waals surface area contributed by atoms with Crippen LogP contribution in [0.25, 0.3) is 0 Å². The van der Waals surface area contributed by atoms with Crippen LogP contribution in [0.5, 0.6) is 5.75 Å². The highest BCUT2D eigenvalue weighted by Gasteiger charge is 2.11. The quantitative estimate of drug-likeness (QED) is 0.879. The van der Waals surface area contributed by atoms with E-state index in [4.69, 9.17) is 4.74 Å². The van der Waals surface area contributed by atoms with Crippen LogP contribution in [0.4, 0.5) is 4.39 Å². The summed E-state index contributed by atoms with van der Waals surface area (Å²) < 4.78 is 18.8. The molecule has 5 heteroatoms. The third kappa shape index (κ3) is 3.77. The molecule has 1 unspecified atom stereocenters. The Kier molecular flexibility index (Phi) is 5.09. The third-order valence-corrected chi connectivity index (χ3v) is 3.82. The summed E-state index contributed by atoms with van der Waals surface area (Å²) in [6.45, 7) is 4.03. The molecule has 0 spiro atoms. The van der Waals surface area contributed by atoms with Crippen molar-refractivity contribution in [3.8, 4) is 5.75 Å². The fourth-order valence-electron chi connectivity index (χ4n) is 1.87. The zero-order chi connectivity index (χ0) is 14.5. The van der Waals surface area contributed by atoms with Gasteiger partial charge < -0.3 is 9.84 Å². The van der Waals surface area contributed by atoms with E-state index < -0.39 is 6.10 Å². The van der Waals surface area contributed by atoms with Gasteiger partial charge in [-0.1, -0.05) is 6.92 Å². The van der Waals surface area contributed by atoms with Crippen LogP contribution in [0, 0.1) is 5.82 Å². The first-order chi connectivity index (χ1) is 9.60. The summed E-state index contributed by atoms with van der Waals surface area (Å²) in [6, 6.07) is 4.16. The highest BCUT2D eigenvalue weighted by Crippen LogP contribution is 2.27. The van der Waals surface area contributed by atoms with Crippen LogP contribution in [0.2, 0.25) is 0 Å². The van der Waals surface area contributed by atoms with Crippen LogP contribution in [0.1, 0.15) is 42.6 Å². The highest BCUT2D eigenvalue weighted by molar-refractivity contribution is 7.09. The number of thiazole rings is 1. The summed E-state index contributed by atoms with van der Waals surface area (Å²) in [5.41, 5.74) is 1.31. The number of ether oxygens (including phenoxy) is 1. The van der Waals surface area contributed by atoms with Crippen molar-refractivity contribution in [3.63, 3.8) is 0 Å². The van der Waals surface area contributed by atoms with Gasteiger partial charge in [0.2, 0.25) is 0 Å². The third-order valence-electron chi connectivity index (χ3n) is 2.86. The van der Waals surface area contributed by atoms with Gasteiger partial charge in [0.15, 0.2) is 0 Å². The lowest BCUT2D eigenvalue weighted by atomic mass is 10.1. The van der Waals surface area contributed by atoms with E-state index >= 15 is 0 Å². The summed E-state index contributed by atoms with van der Waals surface area (Å²) in [7, 11) is 0. The summed E-state index contributed by atoms with van der Waals surface area (Å²) >= 11 is 1.62. The maximum Gasteiger partial charge on any atom is 0.131 e. The SMILES string of the molecule is CCCc1nc(COc2ccc(F)cc2C(C)O)cs1. The fraction of sp³-hybridized carbons (Fsp3) is 0.400. The second-order valence-corrected chi connectivity index (χ2v) is 5.57. The standard InChI is InChI=1S/C15H18FNO2S/c1-3-4-15-17-12(9-20-15)8-19-14-6-5-11(16)7-13(14)10(2)18/h5-7,9-10,18H,3-4,8H2,1-2H3. The lowest BCUT2D eigenvalue weighted by molar-refractivity contribution is 0.189. The van der Waals surface area contributed by atoms with Gasteiger partial charge in [-0.2, -0.15) is 0 Å².